The second-order valence-electron chi connectivity index (χ2n) is 13.5. The van der Waals surface area contributed by atoms with Gasteiger partial charge >= 0.3 is 6.18 Å². The minimum absolute atomic E-state index is 0.0324. The van der Waals surface area contributed by atoms with Crippen LogP contribution in [0.4, 0.5) is 18.9 Å². The highest BCUT2D eigenvalue weighted by Gasteiger charge is 2.36. The molecule has 1 saturated carbocycles. The summed E-state index contributed by atoms with van der Waals surface area (Å²) < 4.78 is 43.8. The third kappa shape index (κ3) is 8.71. The van der Waals surface area contributed by atoms with Gasteiger partial charge in [0.05, 0.1) is 11.3 Å². The topological polar surface area (TPSA) is 62.1 Å². The van der Waals surface area contributed by atoms with Gasteiger partial charge in [-0.25, -0.2) is 0 Å². The van der Waals surface area contributed by atoms with E-state index >= 15 is 0 Å². The summed E-state index contributed by atoms with van der Waals surface area (Å²) in [6.45, 7) is 4.31. The second kappa shape index (κ2) is 15.0. The number of nitrogens with zero attached hydrogens (tertiary/aromatic N) is 2. The second-order valence-corrected chi connectivity index (χ2v) is 13.5. The van der Waals surface area contributed by atoms with Crippen LogP contribution in [-0.2, 0) is 19.6 Å². The van der Waals surface area contributed by atoms with Gasteiger partial charge in [-0.1, -0.05) is 87.9 Å². The number of alkyl halides is 3. The van der Waals surface area contributed by atoms with Gasteiger partial charge in [0.25, 0.3) is 0 Å². The summed E-state index contributed by atoms with van der Waals surface area (Å²) in [4.78, 5) is 0. The first-order chi connectivity index (χ1) is 22.0. The average Bonchev–Trinajstić information content (AvgIpc) is 3.42. The van der Waals surface area contributed by atoms with Crippen LogP contribution in [0.25, 0.3) is 22.0 Å². The van der Waals surface area contributed by atoms with E-state index in [9.17, 15) is 18.3 Å². The fourth-order valence-electron chi connectivity index (χ4n) is 7.02. The number of fused-ring (bicyclic) bond motifs is 1. The molecule has 248 valence electrons. The van der Waals surface area contributed by atoms with Crippen molar-refractivity contribution in [1.29, 1.82) is 0 Å². The molecule has 3 aromatic carbocycles. The number of hydrogen-bond donors (Lipinski definition) is 3. The number of anilines is 1. The number of halogens is 3. The van der Waals surface area contributed by atoms with Crippen molar-refractivity contribution in [1.82, 2.24) is 15.1 Å². The van der Waals surface area contributed by atoms with Gasteiger partial charge in [-0.2, -0.15) is 18.3 Å². The first kappa shape index (κ1) is 34.0. The minimum Gasteiger partial charge on any atom is -0.379 e. The standard InChI is InChI=1S/C38H49F3N4O/c1-4-5-6-7-8-9-11-15-27-19-20-29-23-30(38(39,40)41)24-34(32(29)22-27)43-37(2)21-14-18-31(25-37)42-36(46)33-26-45(3)44-35(33)28-16-12-10-13-17-28/h10,12-13,16-17,19-20,22-24,26,31,36,42-43,46H,4-9,11,14-15,18,21,25H2,1-3H3/t31?,36?,37-/m0/s1. The van der Waals surface area contributed by atoms with Crippen LogP contribution in [-0.4, -0.2) is 26.5 Å². The Hall–Kier alpha value is -3.36. The van der Waals surface area contributed by atoms with Crippen molar-refractivity contribution >= 4 is 16.5 Å². The Morgan fingerprint density at radius 1 is 1.00 bits per heavy atom. The Kier molecular flexibility index (Phi) is 11.1. The van der Waals surface area contributed by atoms with Gasteiger partial charge in [0.1, 0.15) is 6.23 Å². The SMILES string of the molecule is CCCCCCCCCc1ccc2cc(C(F)(F)F)cc(N[C@@]3(C)CCCC(NC(O)c4cn(C)nc4-c4ccccc4)C3)c2c1. The Morgan fingerprint density at radius 2 is 1.74 bits per heavy atom. The molecule has 2 unspecified atom stereocenters. The quantitative estimate of drug-likeness (QED) is 0.0955. The zero-order chi connectivity index (χ0) is 32.7. The van der Waals surface area contributed by atoms with E-state index in [0.29, 0.717) is 23.1 Å². The van der Waals surface area contributed by atoms with Crippen molar-refractivity contribution in [3.05, 3.63) is 83.6 Å². The highest BCUT2D eigenvalue weighted by molar-refractivity contribution is 5.95. The number of nitrogens with one attached hydrogen (secondary N) is 2. The van der Waals surface area contributed by atoms with E-state index in [2.05, 4.69) is 35.6 Å². The summed E-state index contributed by atoms with van der Waals surface area (Å²) in [5.74, 6) is 0. The molecule has 0 saturated heterocycles. The molecule has 0 amide bonds. The number of hydrogen-bond acceptors (Lipinski definition) is 4. The van der Waals surface area contributed by atoms with Gasteiger partial charge in [-0.3, -0.25) is 10.00 Å². The molecule has 0 aliphatic heterocycles. The predicted molar refractivity (Wildman–Crippen MR) is 182 cm³/mol. The van der Waals surface area contributed by atoms with Crippen LogP contribution < -0.4 is 10.6 Å². The molecule has 1 aliphatic carbocycles. The van der Waals surface area contributed by atoms with E-state index in [1.165, 1.54) is 50.7 Å². The fraction of sp³-hybridized carbons (Fsp3) is 0.500. The molecular weight excluding hydrogens is 585 g/mol. The van der Waals surface area contributed by atoms with Gasteiger partial charge in [-0.05, 0) is 74.6 Å². The molecule has 1 heterocycles. The molecule has 4 aromatic rings. The summed E-state index contributed by atoms with van der Waals surface area (Å²) in [6, 6.07) is 18.2. The highest BCUT2D eigenvalue weighted by Crippen LogP contribution is 2.40. The van der Waals surface area contributed by atoms with Gasteiger partial charge in [-0.15, -0.1) is 0 Å². The van der Waals surface area contributed by atoms with Gasteiger partial charge in [0.15, 0.2) is 0 Å². The van der Waals surface area contributed by atoms with E-state index in [0.717, 1.165) is 54.3 Å². The summed E-state index contributed by atoms with van der Waals surface area (Å²) >= 11 is 0. The number of aliphatic hydroxyl groups excluding tert-OH is 1. The summed E-state index contributed by atoms with van der Waals surface area (Å²) in [6.07, 6.45) is 9.16. The smallest absolute Gasteiger partial charge is 0.379 e. The monoisotopic (exact) mass is 634 g/mol. The molecule has 5 nitrogen and oxygen atoms in total. The van der Waals surface area contributed by atoms with Crippen molar-refractivity contribution in [3.8, 4) is 11.3 Å². The van der Waals surface area contributed by atoms with Crippen LogP contribution in [0, 0.1) is 0 Å². The predicted octanol–water partition coefficient (Wildman–Crippen LogP) is 9.95. The van der Waals surface area contributed by atoms with Crippen molar-refractivity contribution in [3.63, 3.8) is 0 Å². The van der Waals surface area contributed by atoms with Gasteiger partial charge in [0.2, 0.25) is 0 Å². The molecule has 0 spiro atoms. The largest absolute Gasteiger partial charge is 0.416 e. The molecule has 3 N–H and O–H groups in total. The Balaban J connectivity index is 1.32. The lowest BCUT2D eigenvalue weighted by atomic mass is 9.79. The van der Waals surface area contributed by atoms with Crippen molar-refractivity contribution in [2.75, 3.05) is 5.32 Å². The van der Waals surface area contributed by atoms with Crippen molar-refractivity contribution in [2.24, 2.45) is 7.05 Å². The minimum atomic E-state index is -4.44. The maximum absolute atomic E-state index is 14.0. The van der Waals surface area contributed by atoms with E-state index in [4.69, 9.17) is 0 Å². The van der Waals surface area contributed by atoms with Crippen LogP contribution in [0.15, 0.2) is 66.9 Å². The molecule has 3 atom stereocenters. The number of unbranched alkanes of at least 4 members (excludes halogenated alkanes) is 6. The highest BCUT2D eigenvalue weighted by atomic mass is 19.4. The molecule has 0 radical (unpaired) electrons. The van der Waals surface area contributed by atoms with Crippen LogP contribution in [0.1, 0.15) is 107 Å². The van der Waals surface area contributed by atoms with Crippen LogP contribution in [0.3, 0.4) is 0 Å². The average molecular weight is 635 g/mol. The third-order valence-corrected chi connectivity index (χ3v) is 9.42. The van der Waals surface area contributed by atoms with Crippen molar-refractivity contribution < 1.29 is 18.3 Å². The van der Waals surface area contributed by atoms with E-state index in [1.807, 2.05) is 55.7 Å². The lowest BCUT2D eigenvalue weighted by molar-refractivity contribution is -0.137. The van der Waals surface area contributed by atoms with Crippen molar-refractivity contribution in [2.45, 2.75) is 115 Å². The fourth-order valence-corrected chi connectivity index (χ4v) is 7.02. The van der Waals surface area contributed by atoms with E-state index in [1.54, 1.807) is 4.68 Å². The molecule has 5 rings (SSSR count). The Labute approximate surface area is 271 Å². The first-order valence-corrected chi connectivity index (χ1v) is 17.0. The van der Waals surface area contributed by atoms with E-state index < -0.39 is 23.5 Å². The number of benzene rings is 3. The number of aliphatic hydroxyl groups is 1. The lowest BCUT2D eigenvalue weighted by Gasteiger charge is -2.41. The van der Waals surface area contributed by atoms with Crippen LogP contribution in [0.5, 0.6) is 0 Å². The molecule has 1 fully saturated rings. The van der Waals surface area contributed by atoms with Gasteiger partial charge in [0, 0.05) is 47.0 Å². The number of aromatic nitrogens is 2. The molecular formula is C38H49F3N4O. The summed E-state index contributed by atoms with van der Waals surface area (Å²) in [7, 11) is 1.84. The third-order valence-electron chi connectivity index (χ3n) is 9.42. The molecule has 1 aliphatic rings. The van der Waals surface area contributed by atoms with Crippen LogP contribution >= 0.6 is 0 Å². The first-order valence-electron chi connectivity index (χ1n) is 17.0. The maximum Gasteiger partial charge on any atom is 0.416 e. The summed E-state index contributed by atoms with van der Waals surface area (Å²) in [5, 5.41) is 24.3. The number of rotatable bonds is 14. The molecule has 8 heteroatoms. The maximum atomic E-state index is 14.0. The molecule has 1 aromatic heterocycles. The number of aryl methyl sites for hydroxylation is 2. The molecule has 0 bridgehead atoms. The lowest BCUT2D eigenvalue weighted by Crippen LogP contribution is -2.47. The zero-order valence-electron chi connectivity index (χ0n) is 27.5. The Morgan fingerprint density at radius 3 is 2.48 bits per heavy atom. The van der Waals surface area contributed by atoms with Gasteiger partial charge < -0.3 is 10.4 Å². The van der Waals surface area contributed by atoms with E-state index in [-0.39, 0.29) is 6.04 Å². The normalized spacial score (nSPS) is 19.4. The Bertz CT molecular complexity index is 1570. The zero-order valence-corrected chi connectivity index (χ0v) is 27.5. The van der Waals surface area contributed by atoms with Crippen LogP contribution in [0.2, 0.25) is 0 Å². The summed E-state index contributed by atoms with van der Waals surface area (Å²) in [5.41, 5.74) is 2.93. The molecule has 46 heavy (non-hydrogen) atoms.